The van der Waals surface area contributed by atoms with E-state index in [4.69, 9.17) is 5.73 Å². The van der Waals surface area contributed by atoms with Crippen LogP contribution in [0.2, 0.25) is 0 Å². The monoisotopic (exact) mass is 253 g/mol. The van der Waals surface area contributed by atoms with Crippen molar-refractivity contribution in [3.8, 4) is 0 Å². The van der Waals surface area contributed by atoms with Crippen LogP contribution in [0.5, 0.6) is 0 Å². The van der Waals surface area contributed by atoms with Gasteiger partial charge in [-0.1, -0.05) is 6.92 Å². The van der Waals surface area contributed by atoms with Gasteiger partial charge in [0, 0.05) is 24.5 Å². The number of nitrogens with one attached hydrogen (secondary N) is 1. The molecule has 1 aromatic heterocycles. The van der Waals surface area contributed by atoms with Crippen LogP contribution in [-0.2, 0) is 13.0 Å². The van der Waals surface area contributed by atoms with E-state index in [0.717, 1.165) is 31.6 Å². The molecule has 0 aromatic carbocycles. The summed E-state index contributed by atoms with van der Waals surface area (Å²) in [5, 5.41) is 3.50. The van der Waals surface area contributed by atoms with Gasteiger partial charge in [-0.05, 0) is 25.5 Å². The highest BCUT2D eigenvalue weighted by molar-refractivity contribution is 7.16. The van der Waals surface area contributed by atoms with E-state index < -0.39 is 0 Å². The lowest BCUT2D eigenvalue weighted by atomic mass is 10.0. The molecule has 0 spiro atoms. The molecule has 3 N–H and O–H groups in total. The van der Waals surface area contributed by atoms with Gasteiger partial charge in [-0.2, -0.15) is 0 Å². The second-order valence-electron chi connectivity index (χ2n) is 4.22. The van der Waals surface area contributed by atoms with Crippen molar-refractivity contribution in [3.63, 3.8) is 0 Å². The van der Waals surface area contributed by atoms with Crippen LogP contribution in [0.3, 0.4) is 0 Å². The van der Waals surface area contributed by atoms with Crippen molar-refractivity contribution in [2.45, 2.75) is 26.8 Å². The van der Waals surface area contributed by atoms with Gasteiger partial charge < -0.3 is 11.1 Å². The van der Waals surface area contributed by atoms with Crippen molar-refractivity contribution in [1.29, 1.82) is 0 Å². The predicted molar refractivity (Wildman–Crippen MR) is 71.4 cm³/mol. The molecule has 94 valence electrons. The summed E-state index contributed by atoms with van der Waals surface area (Å²) in [6, 6.07) is 0. The Hall–Kier alpha value is -1.07. The normalized spacial score (nSPS) is 15.6. The van der Waals surface area contributed by atoms with Gasteiger partial charge in [-0.25, -0.2) is 0 Å². The number of thiophene rings is 1. The molecule has 0 saturated heterocycles. The molecule has 1 aromatic rings. The SMILES string of the molecule is CCNC(=O)c1c(N)sc2c1CCN(CC)C2. The third kappa shape index (κ3) is 2.30. The van der Waals surface area contributed by atoms with Crippen molar-refractivity contribution in [2.75, 3.05) is 25.4 Å². The van der Waals surface area contributed by atoms with Gasteiger partial charge in [0.1, 0.15) is 0 Å². The highest BCUT2D eigenvalue weighted by atomic mass is 32.1. The lowest BCUT2D eigenvalue weighted by molar-refractivity contribution is 0.0955. The molecule has 0 unspecified atom stereocenters. The smallest absolute Gasteiger partial charge is 0.254 e. The number of likely N-dealkylation sites (N-methyl/N-ethyl adjacent to an activating group) is 1. The average Bonchev–Trinajstić information content (AvgIpc) is 2.64. The first-order chi connectivity index (χ1) is 8.17. The predicted octanol–water partition coefficient (Wildman–Crippen LogP) is 1.46. The van der Waals surface area contributed by atoms with Crippen molar-refractivity contribution >= 4 is 22.2 Å². The zero-order valence-electron chi connectivity index (χ0n) is 10.4. The fraction of sp³-hybridized carbons (Fsp3) is 0.583. The number of nitrogen functional groups attached to an aromatic ring is 1. The highest BCUT2D eigenvalue weighted by Gasteiger charge is 2.25. The minimum absolute atomic E-state index is 0.0209. The van der Waals surface area contributed by atoms with Crippen LogP contribution in [-0.4, -0.2) is 30.4 Å². The number of rotatable bonds is 3. The van der Waals surface area contributed by atoms with E-state index in [0.29, 0.717) is 11.5 Å². The first kappa shape index (κ1) is 12.4. The zero-order valence-corrected chi connectivity index (χ0v) is 11.2. The molecule has 0 radical (unpaired) electrons. The Bertz CT molecular complexity index is 428. The molecule has 17 heavy (non-hydrogen) atoms. The van der Waals surface area contributed by atoms with Crippen LogP contribution in [0.1, 0.15) is 34.6 Å². The fourth-order valence-electron chi connectivity index (χ4n) is 2.25. The molecular weight excluding hydrogens is 234 g/mol. The summed E-state index contributed by atoms with van der Waals surface area (Å²) < 4.78 is 0. The van der Waals surface area contributed by atoms with Crippen LogP contribution in [0.4, 0.5) is 5.00 Å². The number of fused-ring (bicyclic) bond motifs is 1. The Morgan fingerprint density at radius 1 is 1.53 bits per heavy atom. The summed E-state index contributed by atoms with van der Waals surface area (Å²) in [6.45, 7) is 7.72. The molecule has 0 saturated carbocycles. The maximum Gasteiger partial charge on any atom is 0.254 e. The maximum absolute atomic E-state index is 12.0. The van der Waals surface area contributed by atoms with Crippen LogP contribution in [0.15, 0.2) is 0 Å². The molecule has 0 bridgehead atoms. The van der Waals surface area contributed by atoms with Crippen LogP contribution in [0, 0.1) is 0 Å². The number of hydrogen-bond donors (Lipinski definition) is 2. The highest BCUT2D eigenvalue weighted by Crippen LogP contribution is 2.34. The molecule has 4 nitrogen and oxygen atoms in total. The molecule has 1 aliphatic rings. The summed E-state index contributed by atoms with van der Waals surface area (Å²) in [5.41, 5.74) is 7.87. The molecule has 0 fully saturated rings. The number of anilines is 1. The van der Waals surface area contributed by atoms with E-state index in [1.54, 1.807) is 11.3 Å². The molecule has 0 atom stereocenters. The van der Waals surface area contributed by atoms with Gasteiger partial charge in [0.15, 0.2) is 0 Å². The second-order valence-corrected chi connectivity index (χ2v) is 5.36. The number of nitrogens with two attached hydrogens (primary N) is 1. The number of carbonyl (C=O) groups is 1. The molecule has 1 aliphatic heterocycles. The molecule has 0 aliphatic carbocycles. The topological polar surface area (TPSA) is 58.4 Å². The van der Waals surface area contributed by atoms with Gasteiger partial charge in [0.05, 0.1) is 10.6 Å². The third-order valence-electron chi connectivity index (χ3n) is 3.17. The zero-order chi connectivity index (χ0) is 12.4. The van der Waals surface area contributed by atoms with Crippen LogP contribution >= 0.6 is 11.3 Å². The summed E-state index contributed by atoms with van der Waals surface area (Å²) in [5.74, 6) is -0.0209. The average molecular weight is 253 g/mol. The number of hydrogen-bond acceptors (Lipinski definition) is 4. The molecular formula is C12H19N3OS. The lowest BCUT2D eigenvalue weighted by Crippen LogP contribution is -2.31. The molecule has 5 heteroatoms. The van der Waals surface area contributed by atoms with E-state index >= 15 is 0 Å². The van der Waals surface area contributed by atoms with E-state index in [9.17, 15) is 4.79 Å². The van der Waals surface area contributed by atoms with Crippen LogP contribution < -0.4 is 11.1 Å². The summed E-state index contributed by atoms with van der Waals surface area (Å²) in [7, 11) is 0. The van der Waals surface area contributed by atoms with E-state index in [2.05, 4.69) is 17.1 Å². The van der Waals surface area contributed by atoms with E-state index in [-0.39, 0.29) is 5.91 Å². The third-order valence-corrected chi connectivity index (χ3v) is 4.22. The summed E-state index contributed by atoms with van der Waals surface area (Å²) in [6.07, 6.45) is 0.934. The van der Waals surface area contributed by atoms with Gasteiger partial charge in [-0.3, -0.25) is 9.69 Å². The van der Waals surface area contributed by atoms with E-state index in [1.165, 1.54) is 10.4 Å². The van der Waals surface area contributed by atoms with Gasteiger partial charge >= 0.3 is 0 Å². The van der Waals surface area contributed by atoms with Crippen molar-refractivity contribution in [3.05, 3.63) is 16.0 Å². The van der Waals surface area contributed by atoms with Gasteiger partial charge in [0.25, 0.3) is 5.91 Å². The Balaban J connectivity index is 2.30. The standard InChI is InChI=1S/C12H19N3OS/c1-3-14-12(16)10-8-5-6-15(4-2)7-9(8)17-11(10)13/h3-7,13H2,1-2H3,(H,14,16). The number of carbonyl (C=O) groups excluding carboxylic acids is 1. The Morgan fingerprint density at radius 3 is 2.94 bits per heavy atom. The van der Waals surface area contributed by atoms with Crippen molar-refractivity contribution < 1.29 is 4.79 Å². The minimum Gasteiger partial charge on any atom is -0.390 e. The molecule has 1 amide bonds. The summed E-state index contributed by atoms with van der Waals surface area (Å²) in [4.78, 5) is 15.6. The van der Waals surface area contributed by atoms with Gasteiger partial charge in [0.2, 0.25) is 0 Å². The fourth-order valence-corrected chi connectivity index (χ4v) is 3.40. The van der Waals surface area contributed by atoms with E-state index in [1.807, 2.05) is 6.92 Å². The van der Waals surface area contributed by atoms with Gasteiger partial charge in [-0.15, -0.1) is 11.3 Å². The van der Waals surface area contributed by atoms with Crippen molar-refractivity contribution in [2.24, 2.45) is 0 Å². The Labute approximate surface area is 106 Å². The quantitative estimate of drug-likeness (QED) is 0.857. The summed E-state index contributed by atoms with van der Waals surface area (Å²) >= 11 is 1.57. The largest absolute Gasteiger partial charge is 0.390 e. The first-order valence-electron chi connectivity index (χ1n) is 6.07. The maximum atomic E-state index is 12.0. The number of amides is 1. The Kier molecular flexibility index (Phi) is 3.69. The molecule has 2 rings (SSSR count). The number of nitrogens with zero attached hydrogens (tertiary/aromatic N) is 1. The molecule has 2 heterocycles. The Morgan fingerprint density at radius 2 is 2.29 bits per heavy atom. The first-order valence-corrected chi connectivity index (χ1v) is 6.89. The minimum atomic E-state index is -0.0209. The van der Waals surface area contributed by atoms with Crippen molar-refractivity contribution in [1.82, 2.24) is 10.2 Å². The second kappa shape index (κ2) is 5.06. The van der Waals surface area contributed by atoms with Crippen LogP contribution in [0.25, 0.3) is 0 Å². The lowest BCUT2D eigenvalue weighted by Gasteiger charge is -2.25.